The highest BCUT2D eigenvalue weighted by atomic mass is 32.2. The molecule has 0 saturated heterocycles. The van der Waals surface area contributed by atoms with E-state index in [0.29, 0.717) is 0 Å². The Balaban J connectivity index is 2.46. The summed E-state index contributed by atoms with van der Waals surface area (Å²) in [7, 11) is -11.9. The van der Waals surface area contributed by atoms with Gasteiger partial charge in [-0.15, -0.1) is 13.2 Å². The third-order valence-electron chi connectivity index (χ3n) is 5.21. The van der Waals surface area contributed by atoms with E-state index in [1.165, 1.54) is 36.4 Å². The molecular weight excluding hydrogens is 522 g/mol. The number of hydrogen-bond acceptors (Lipinski definition) is 6. The second-order valence-electron chi connectivity index (χ2n) is 8.43. The zero-order valence-electron chi connectivity index (χ0n) is 20.7. The number of sulfonamides is 3. The van der Waals surface area contributed by atoms with E-state index in [1.54, 1.807) is 24.3 Å². The summed E-state index contributed by atoms with van der Waals surface area (Å²) < 4.78 is 82.2. The molecule has 12 heteroatoms. The van der Waals surface area contributed by atoms with Gasteiger partial charge >= 0.3 is 0 Å². The van der Waals surface area contributed by atoms with Crippen LogP contribution < -0.4 is 4.72 Å². The van der Waals surface area contributed by atoms with Crippen LogP contribution in [0.4, 0.5) is 0 Å². The van der Waals surface area contributed by atoms with E-state index >= 15 is 0 Å². The van der Waals surface area contributed by atoms with Crippen molar-refractivity contribution in [2.75, 3.05) is 32.4 Å². The van der Waals surface area contributed by atoms with Crippen LogP contribution in [0.25, 0.3) is 0 Å². The SMILES string of the molecule is C=CCN(CC(CN(CC=C)S(=O)(=O)c1ccc(C)cc1)NS(C)(=O)=O)S(=O)(=O)c1ccc(C)cc1. The van der Waals surface area contributed by atoms with Crippen LogP contribution in [-0.4, -0.2) is 72.3 Å². The second kappa shape index (κ2) is 12.3. The lowest BCUT2D eigenvalue weighted by molar-refractivity contribution is 0.341. The molecule has 36 heavy (non-hydrogen) atoms. The molecule has 0 radical (unpaired) electrons. The fourth-order valence-corrected chi connectivity index (χ4v) is 7.14. The van der Waals surface area contributed by atoms with E-state index in [4.69, 9.17) is 0 Å². The van der Waals surface area contributed by atoms with Gasteiger partial charge in [0, 0.05) is 32.2 Å². The first-order chi connectivity index (χ1) is 16.7. The molecule has 0 atom stereocenters. The minimum absolute atomic E-state index is 0.0308. The van der Waals surface area contributed by atoms with Gasteiger partial charge in [0.25, 0.3) is 0 Å². The van der Waals surface area contributed by atoms with Crippen molar-refractivity contribution < 1.29 is 25.3 Å². The zero-order chi connectivity index (χ0) is 27.1. The van der Waals surface area contributed by atoms with Gasteiger partial charge in [-0.1, -0.05) is 47.5 Å². The highest BCUT2D eigenvalue weighted by Crippen LogP contribution is 2.20. The number of rotatable bonds is 14. The van der Waals surface area contributed by atoms with Crippen LogP contribution in [0.1, 0.15) is 11.1 Å². The molecule has 0 aliphatic rings. The molecule has 0 heterocycles. The van der Waals surface area contributed by atoms with Crippen LogP contribution in [0.3, 0.4) is 0 Å². The van der Waals surface area contributed by atoms with Crippen LogP contribution in [0.15, 0.2) is 83.6 Å². The Morgan fingerprint density at radius 2 is 1.06 bits per heavy atom. The largest absolute Gasteiger partial charge is 0.243 e. The van der Waals surface area contributed by atoms with Crippen molar-refractivity contribution >= 4 is 30.1 Å². The Bertz CT molecular complexity index is 1280. The molecule has 0 fully saturated rings. The average Bonchev–Trinajstić information content (AvgIpc) is 2.78. The summed E-state index contributed by atoms with van der Waals surface area (Å²) in [5, 5.41) is 0. The molecule has 0 aliphatic carbocycles. The fraction of sp³-hybridized carbons (Fsp3) is 0.333. The van der Waals surface area contributed by atoms with Crippen molar-refractivity contribution in [2.24, 2.45) is 0 Å². The molecule has 1 N–H and O–H groups in total. The van der Waals surface area contributed by atoms with Gasteiger partial charge in [0.05, 0.1) is 16.0 Å². The number of benzene rings is 2. The highest BCUT2D eigenvalue weighted by Gasteiger charge is 2.32. The molecule has 9 nitrogen and oxygen atoms in total. The summed E-state index contributed by atoms with van der Waals surface area (Å²) in [4.78, 5) is 0.0616. The normalized spacial score (nSPS) is 12.8. The van der Waals surface area contributed by atoms with Gasteiger partial charge in [-0.2, -0.15) is 8.61 Å². The summed E-state index contributed by atoms with van der Waals surface area (Å²) in [6.45, 7) is 10.0. The highest BCUT2D eigenvalue weighted by molar-refractivity contribution is 7.89. The molecule has 2 aromatic carbocycles. The number of hydrogen-bond donors (Lipinski definition) is 1. The van der Waals surface area contributed by atoms with Gasteiger partial charge in [0.1, 0.15) is 0 Å². The summed E-state index contributed by atoms with van der Waals surface area (Å²) in [5.41, 5.74) is 1.75. The van der Waals surface area contributed by atoms with E-state index in [2.05, 4.69) is 17.9 Å². The first-order valence-electron chi connectivity index (χ1n) is 11.0. The van der Waals surface area contributed by atoms with Crippen LogP contribution >= 0.6 is 0 Å². The Kier molecular flexibility index (Phi) is 10.2. The van der Waals surface area contributed by atoms with E-state index in [9.17, 15) is 25.3 Å². The predicted molar refractivity (Wildman–Crippen MR) is 142 cm³/mol. The van der Waals surface area contributed by atoms with Crippen molar-refractivity contribution in [2.45, 2.75) is 29.7 Å². The number of aryl methyl sites for hydroxylation is 2. The van der Waals surface area contributed by atoms with E-state index in [0.717, 1.165) is 26.0 Å². The minimum Gasteiger partial charge on any atom is -0.213 e. The molecular formula is C24H33N3O6S3. The van der Waals surface area contributed by atoms with E-state index < -0.39 is 36.1 Å². The minimum atomic E-state index is -4.03. The molecule has 0 amide bonds. The lowest BCUT2D eigenvalue weighted by atomic mass is 10.2. The molecule has 0 spiro atoms. The van der Waals surface area contributed by atoms with Crippen LogP contribution in [-0.2, 0) is 30.1 Å². The van der Waals surface area contributed by atoms with Gasteiger partial charge < -0.3 is 0 Å². The Morgan fingerprint density at radius 1 is 0.722 bits per heavy atom. The maximum absolute atomic E-state index is 13.3. The summed E-state index contributed by atoms with van der Waals surface area (Å²) in [5.74, 6) is 0. The smallest absolute Gasteiger partial charge is 0.213 e. The zero-order valence-corrected chi connectivity index (χ0v) is 23.1. The van der Waals surface area contributed by atoms with Crippen LogP contribution in [0.5, 0.6) is 0 Å². The number of nitrogens with zero attached hydrogens (tertiary/aromatic N) is 2. The molecule has 0 bridgehead atoms. The van der Waals surface area contributed by atoms with Gasteiger partial charge in [-0.25, -0.2) is 30.0 Å². The molecule has 0 aromatic heterocycles. The van der Waals surface area contributed by atoms with Gasteiger partial charge in [-0.05, 0) is 38.1 Å². The standard InChI is InChI=1S/C24H33N3O6S3/c1-6-16-26(35(30,31)23-12-8-20(3)9-13-23)18-22(25-34(5,28)29)19-27(17-7-2)36(32,33)24-14-10-21(4)11-15-24/h6-15,22,25H,1-2,16-19H2,3-5H3. The Labute approximate surface area is 215 Å². The van der Waals surface area contributed by atoms with Crippen molar-refractivity contribution in [3.63, 3.8) is 0 Å². The van der Waals surface area contributed by atoms with Crippen molar-refractivity contribution in [1.82, 2.24) is 13.3 Å². The maximum atomic E-state index is 13.3. The monoisotopic (exact) mass is 555 g/mol. The maximum Gasteiger partial charge on any atom is 0.243 e. The molecule has 0 unspecified atom stereocenters. The van der Waals surface area contributed by atoms with Crippen LogP contribution in [0.2, 0.25) is 0 Å². The second-order valence-corrected chi connectivity index (χ2v) is 14.1. The number of nitrogens with one attached hydrogen (secondary N) is 1. The molecule has 0 saturated carbocycles. The van der Waals surface area contributed by atoms with Gasteiger partial charge in [0.15, 0.2) is 0 Å². The molecule has 2 aromatic rings. The first kappa shape index (κ1) is 29.9. The molecule has 198 valence electrons. The van der Waals surface area contributed by atoms with Crippen LogP contribution in [0, 0.1) is 13.8 Å². The van der Waals surface area contributed by atoms with Crippen molar-refractivity contribution in [3.8, 4) is 0 Å². The summed E-state index contributed by atoms with van der Waals surface area (Å²) in [6, 6.07) is 11.4. The Hall–Kier alpha value is -2.35. The van der Waals surface area contributed by atoms with E-state index in [-0.39, 0.29) is 36.0 Å². The molecule has 2 rings (SSSR count). The third-order valence-corrected chi connectivity index (χ3v) is 9.66. The van der Waals surface area contributed by atoms with E-state index in [1.807, 2.05) is 13.8 Å². The van der Waals surface area contributed by atoms with Gasteiger partial charge in [0.2, 0.25) is 30.1 Å². The quantitative estimate of drug-likeness (QED) is 0.357. The predicted octanol–water partition coefficient (Wildman–Crippen LogP) is 2.27. The lowest BCUT2D eigenvalue weighted by Gasteiger charge is -2.30. The fourth-order valence-electron chi connectivity index (χ4n) is 3.47. The van der Waals surface area contributed by atoms with Gasteiger partial charge in [-0.3, -0.25) is 0 Å². The van der Waals surface area contributed by atoms with Crippen molar-refractivity contribution in [3.05, 3.63) is 85.0 Å². The topological polar surface area (TPSA) is 121 Å². The summed E-state index contributed by atoms with van der Waals surface area (Å²) >= 11 is 0. The first-order valence-corrected chi connectivity index (χ1v) is 15.8. The lowest BCUT2D eigenvalue weighted by Crippen LogP contribution is -2.52. The Morgan fingerprint density at radius 3 is 1.33 bits per heavy atom. The summed E-state index contributed by atoms with van der Waals surface area (Å²) in [6.07, 6.45) is 3.69. The average molecular weight is 556 g/mol. The van der Waals surface area contributed by atoms with Crippen molar-refractivity contribution in [1.29, 1.82) is 0 Å². The molecule has 0 aliphatic heterocycles. The third kappa shape index (κ3) is 8.08.